The molecular formula is C18H27N2O4. The van der Waals surface area contributed by atoms with Crippen LogP contribution < -0.4 is 11.5 Å². The van der Waals surface area contributed by atoms with Gasteiger partial charge < -0.3 is 21.7 Å². The minimum Gasteiger partial charge on any atom is -0.394 e. The minimum absolute atomic E-state index is 0.00626. The van der Waals surface area contributed by atoms with Gasteiger partial charge in [0.15, 0.2) is 5.78 Å². The summed E-state index contributed by atoms with van der Waals surface area (Å²) in [5.41, 5.74) is 11.0. The van der Waals surface area contributed by atoms with Gasteiger partial charge in [-0.05, 0) is 30.2 Å². The highest BCUT2D eigenvalue weighted by Crippen LogP contribution is 2.26. The lowest BCUT2D eigenvalue weighted by Crippen LogP contribution is -2.62. The van der Waals surface area contributed by atoms with E-state index in [2.05, 4.69) is 0 Å². The highest BCUT2D eigenvalue weighted by atomic mass is 16.3. The van der Waals surface area contributed by atoms with E-state index in [-0.39, 0.29) is 12.3 Å². The quantitative estimate of drug-likeness (QED) is 0.444. The molecule has 0 fully saturated rings. The monoisotopic (exact) mass is 335 g/mol. The Morgan fingerprint density at radius 3 is 2.33 bits per heavy atom. The van der Waals surface area contributed by atoms with Gasteiger partial charge in [0, 0.05) is 0 Å². The molecule has 1 aromatic carbocycles. The smallest absolute Gasteiger partial charge is 0.228 e. The van der Waals surface area contributed by atoms with Gasteiger partial charge in [0.1, 0.15) is 5.54 Å². The lowest BCUT2D eigenvalue weighted by Gasteiger charge is -2.34. The number of carbonyl (C=O) groups is 1. The molecule has 0 saturated heterocycles. The second-order valence-corrected chi connectivity index (χ2v) is 6.56. The van der Waals surface area contributed by atoms with Crippen LogP contribution in [0.1, 0.15) is 25.8 Å². The number of ketones is 1. The molecule has 0 aliphatic heterocycles. The van der Waals surface area contributed by atoms with Crippen molar-refractivity contribution in [2.75, 3.05) is 6.61 Å². The van der Waals surface area contributed by atoms with Crippen molar-refractivity contribution in [1.29, 1.82) is 0 Å². The van der Waals surface area contributed by atoms with E-state index in [1.807, 2.05) is 30.3 Å². The average Bonchev–Trinajstić information content (AvgIpc) is 2.59. The molecule has 1 aromatic rings. The van der Waals surface area contributed by atoms with Crippen LogP contribution in [0.2, 0.25) is 0 Å². The molecule has 6 heteroatoms. The minimum atomic E-state index is -1.93. The van der Waals surface area contributed by atoms with Crippen molar-refractivity contribution in [2.45, 2.75) is 44.4 Å². The Kier molecular flexibility index (Phi) is 7.69. The number of carbonyl (C=O) groups excluding carboxylic acids is 2. The summed E-state index contributed by atoms with van der Waals surface area (Å²) in [6.45, 7) is 3.05. The number of aliphatic hydroxyl groups excluding tert-OH is 2. The molecular weight excluding hydrogens is 308 g/mol. The lowest BCUT2D eigenvalue weighted by molar-refractivity contribution is -0.126. The molecule has 0 saturated carbocycles. The molecule has 6 nitrogen and oxygen atoms in total. The van der Waals surface area contributed by atoms with Crippen LogP contribution in [0.25, 0.3) is 0 Å². The van der Waals surface area contributed by atoms with E-state index in [0.29, 0.717) is 6.42 Å². The largest absolute Gasteiger partial charge is 0.394 e. The lowest BCUT2D eigenvalue weighted by atomic mass is 9.73. The standard InChI is InChI=1S/C18H27N2O4/c1-12(2)16(19)17(24)18(20,11-22)14(9-15(23)10-21)8-13-6-4-3-5-7-13/h3-7,12,14-16,21,23H,8-10,19-20H2,1-2H3/t14?,15-,16?,18?/m0/s1. The number of Topliss-reactive ketones (excluding diaryl/α,β-unsaturated/α-hetero) is 1. The Morgan fingerprint density at radius 1 is 1.29 bits per heavy atom. The maximum Gasteiger partial charge on any atom is 0.228 e. The Morgan fingerprint density at radius 2 is 1.88 bits per heavy atom. The van der Waals surface area contributed by atoms with Gasteiger partial charge in [0.25, 0.3) is 0 Å². The summed E-state index contributed by atoms with van der Waals surface area (Å²) in [4.78, 5) is 24.3. The Bertz CT molecular complexity index is 535. The number of aliphatic hydroxyl groups is 2. The molecule has 0 aliphatic carbocycles. The summed E-state index contributed by atoms with van der Waals surface area (Å²) in [7, 11) is 0. The summed E-state index contributed by atoms with van der Waals surface area (Å²) in [5.74, 6) is -1.51. The predicted molar refractivity (Wildman–Crippen MR) is 91.8 cm³/mol. The highest BCUT2D eigenvalue weighted by molar-refractivity contribution is 6.06. The zero-order chi connectivity index (χ0) is 18.3. The first-order valence-corrected chi connectivity index (χ1v) is 8.07. The fourth-order valence-electron chi connectivity index (χ4n) is 2.65. The van der Waals surface area contributed by atoms with E-state index in [9.17, 15) is 14.7 Å². The molecule has 4 atom stereocenters. The van der Waals surface area contributed by atoms with Gasteiger partial charge in [-0.25, -0.2) is 0 Å². The van der Waals surface area contributed by atoms with Crippen LogP contribution >= 0.6 is 0 Å². The normalized spacial score (nSPS) is 17.8. The summed E-state index contributed by atoms with van der Waals surface area (Å²) in [6.07, 6.45) is 0.870. The summed E-state index contributed by atoms with van der Waals surface area (Å²) < 4.78 is 0. The molecule has 24 heavy (non-hydrogen) atoms. The van der Waals surface area contributed by atoms with Crippen molar-refractivity contribution in [1.82, 2.24) is 0 Å². The molecule has 1 radical (unpaired) electrons. The van der Waals surface area contributed by atoms with Crippen LogP contribution in [0.15, 0.2) is 30.3 Å². The van der Waals surface area contributed by atoms with Gasteiger partial charge in [0.05, 0.1) is 18.8 Å². The van der Waals surface area contributed by atoms with Gasteiger partial charge in [0.2, 0.25) is 6.29 Å². The first kappa shape index (κ1) is 20.4. The molecule has 0 bridgehead atoms. The van der Waals surface area contributed by atoms with Crippen LogP contribution in [-0.2, 0) is 16.0 Å². The fourth-order valence-corrected chi connectivity index (χ4v) is 2.65. The summed E-state index contributed by atoms with van der Waals surface area (Å²) in [5, 5.41) is 18.9. The van der Waals surface area contributed by atoms with Gasteiger partial charge in [-0.15, -0.1) is 0 Å². The maximum absolute atomic E-state index is 12.7. The Labute approximate surface area is 142 Å². The van der Waals surface area contributed by atoms with E-state index >= 15 is 0 Å². The number of nitrogens with two attached hydrogens (primary N) is 2. The average molecular weight is 335 g/mol. The molecule has 0 amide bonds. The van der Waals surface area contributed by atoms with Crippen LogP contribution in [0.3, 0.4) is 0 Å². The molecule has 6 N–H and O–H groups in total. The third-order valence-corrected chi connectivity index (χ3v) is 4.33. The zero-order valence-corrected chi connectivity index (χ0v) is 14.2. The number of rotatable bonds is 10. The van der Waals surface area contributed by atoms with Crippen molar-refractivity contribution in [2.24, 2.45) is 23.3 Å². The van der Waals surface area contributed by atoms with E-state index in [0.717, 1.165) is 5.56 Å². The second kappa shape index (κ2) is 9.03. The summed E-state index contributed by atoms with van der Waals surface area (Å²) in [6, 6.07) is 8.30. The van der Waals surface area contributed by atoms with Crippen LogP contribution in [0.4, 0.5) is 0 Å². The maximum atomic E-state index is 12.7. The van der Waals surface area contributed by atoms with Crippen molar-refractivity contribution in [3.05, 3.63) is 35.9 Å². The van der Waals surface area contributed by atoms with E-state index in [1.54, 1.807) is 20.1 Å². The molecule has 0 aromatic heterocycles. The highest BCUT2D eigenvalue weighted by Gasteiger charge is 2.46. The SMILES string of the molecule is CC(C)C(N)C(=O)C(N)([C]=O)C(Cc1ccccc1)C[C@H](O)CO. The van der Waals surface area contributed by atoms with E-state index < -0.39 is 36.0 Å². The number of hydrogen-bond donors (Lipinski definition) is 4. The molecule has 0 spiro atoms. The van der Waals surface area contributed by atoms with Gasteiger partial charge >= 0.3 is 0 Å². The Balaban J connectivity index is 3.16. The summed E-state index contributed by atoms with van der Waals surface area (Å²) >= 11 is 0. The van der Waals surface area contributed by atoms with Crippen molar-refractivity contribution in [3.63, 3.8) is 0 Å². The topological polar surface area (TPSA) is 127 Å². The zero-order valence-electron chi connectivity index (χ0n) is 14.2. The van der Waals surface area contributed by atoms with Gasteiger partial charge in [-0.2, -0.15) is 0 Å². The first-order chi connectivity index (χ1) is 11.3. The molecule has 0 aliphatic rings. The van der Waals surface area contributed by atoms with Crippen LogP contribution in [0.5, 0.6) is 0 Å². The van der Waals surface area contributed by atoms with Gasteiger partial charge in [-0.1, -0.05) is 44.2 Å². The third-order valence-electron chi connectivity index (χ3n) is 4.33. The van der Waals surface area contributed by atoms with Crippen molar-refractivity contribution < 1.29 is 19.8 Å². The van der Waals surface area contributed by atoms with E-state index in [1.165, 1.54) is 0 Å². The van der Waals surface area contributed by atoms with E-state index in [4.69, 9.17) is 16.6 Å². The molecule has 3 unspecified atom stereocenters. The number of benzene rings is 1. The van der Waals surface area contributed by atoms with Gasteiger partial charge in [-0.3, -0.25) is 9.59 Å². The predicted octanol–water partition coefficient (Wildman–Crippen LogP) is -0.0518. The molecule has 0 heterocycles. The van der Waals surface area contributed by atoms with Crippen molar-refractivity contribution in [3.8, 4) is 0 Å². The van der Waals surface area contributed by atoms with Crippen molar-refractivity contribution >= 4 is 12.1 Å². The second-order valence-electron chi connectivity index (χ2n) is 6.56. The first-order valence-electron chi connectivity index (χ1n) is 8.07. The van der Waals surface area contributed by atoms with Crippen LogP contribution in [-0.4, -0.2) is 46.6 Å². The molecule has 1 rings (SSSR count). The number of hydrogen-bond acceptors (Lipinski definition) is 6. The third kappa shape index (κ3) is 4.95. The van der Waals surface area contributed by atoms with Crippen LogP contribution in [0, 0.1) is 11.8 Å². The fraction of sp³-hybridized carbons (Fsp3) is 0.556. The Hall–Kier alpha value is -1.60. The molecule has 133 valence electrons.